The molecule has 0 aliphatic carbocycles. The number of anilines is 1. The minimum Gasteiger partial charge on any atom is -0.480 e. The molecule has 0 radical (unpaired) electrons. The summed E-state index contributed by atoms with van der Waals surface area (Å²) in [5.41, 5.74) is 5.12. The number of fused-ring (bicyclic) bond motifs is 1. The molecule has 0 saturated carbocycles. The molecule has 166 valence electrons. The van der Waals surface area contributed by atoms with Gasteiger partial charge in [0.1, 0.15) is 31.3 Å². The number of nitrogens with zero attached hydrogens (tertiary/aromatic N) is 1. The topological polar surface area (TPSA) is 198 Å². The van der Waals surface area contributed by atoms with Gasteiger partial charge < -0.3 is 35.1 Å². The van der Waals surface area contributed by atoms with Crippen molar-refractivity contribution in [3.8, 4) is 0 Å². The molecule has 5 N–H and O–H groups in total. The maximum absolute atomic E-state index is 11.9. The standard InChI is InChI=1S/C19H20N2O10/c20-13(19(28)29)3-4-17(26)30-9-10-5-18(27)31-14-6-11(1-2-12(10)14)21(7-15(22)23)8-16(24)25/h1-2,5-6,13H,3-4,7-9,20H2,(H,22,23)(H,24,25)(H,28,29). The summed E-state index contributed by atoms with van der Waals surface area (Å²) >= 11 is 0. The Bertz CT molecular complexity index is 1050. The van der Waals surface area contributed by atoms with Gasteiger partial charge in [-0.15, -0.1) is 0 Å². The predicted molar refractivity (Wildman–Crippen MR) is 105 cm³/mol. The SMILES string of the molecule is NC(CCC(=O)OCc1cc(=O)oc2cc(N(CC(=O)O)CC(=O)O)ccc12)C(=O)O. The van der Waals surface area contributed by atoms with Crippen molar-refractivity contribution in [3.05, 3.63) is 40.2 Å². The summed E-state index contributed by atoms with van der Waals surface area (Å²) in [5.74, 6) is -4.43. The van der Waals surface area contributed by atoms with Crippen LogP contribution in [-0.2, 0) is 30.5 Å². The molecule has 1 atom stereocenters. The van der Waals surface area contributed by atoms with Crippen molar-refractivity contribution in [2.45, 2.75) is 25.5 Å². The number of hydrogen-bond acceptors (Lipinski definition) is 9. The molecule has 0 spiro atoms. The van der Waals surface area contributed by atoms with Crippen molar-refractivity contribution in [2.24, 2.45) is 5.73 Å². The fraction of sp³-hybridized carbons (Fsp3) is 0.316. The average molecular weight is 436 g/mol. The van der Waals surface area contributed by atoms with Gasteiger partial charge in [0.2, 0.25) is 0 Å². The Morgan fingerprint density at radius 2 is 1.71 bits per heavy atom. The van der Waals surface area contributed by atoms with Gasteiger partial charge >= 0.3 is 29.5 Å². The van der Waals surface area contributed by atoms with Crippen LogP contribution in [0.3, 0.4) is 0 Å². The van der Waals surface area contributed by atoms with Crippen LogP contribution in [0.1, 0.15) is 18.4 Å². The van der Waals surface area contributed by atoms with Crippen molar-refractivity contribution in [1.29, 1.82) is 0 Å². The molecule has 12 nitrogen and oxygen atoms in total. The monoisotopic (exact) mass is 436 g/mol. The summed E-state index contributed by atoms with van der Waals surface area (Å²) < 4.78 is 10.2. The first-order chi connectivity index (χ1) is 14.6. The smallest absolute Gasteiger partial charge is 0.336 e. The van der Waals surface area contributed by atoms with E-state index < -0.39 is 48.6 Å². The van der Waals surface area contributed by atoms with Crippen molar-refractivity contribution in [2.75, 3.05) is 18.0 Å². The zero-order valence-corrected chi connectivity index (χ0v) is 16.1. The van der Waals surface area contributed by atoms with E-state index in [9.17, 15) is 24.0 Å². The molecule has 0 bridgehead atoms. The molecule has 1 unspecified atom stereocenters. The second kappa shape index (κ2) is 10.2. The number of esters is 1. The van der Waals surface area contributed by atoms with Gasteiger partial charge in [0.15, 0.2) is 0 Å². The van der Waals surface area contributed by atoms with Crippen LogP contribution in [0.5, 0.6) is 0 Å². The van der Waals surface area contributed by atoms with E-state index in [0.29, 0.717) is 10.9 Å². The highest BCUT2D eigenvalue weighted by Gasteiger charge is 2.17. The Hall–Kier alpha value is -3.93. The van der Waals surface area contributed by atoms with Crippen LogP contribution in [0, 0.1) is 0 Å². The Kier molecular flexibility index (Phi) is 7.69. The molecule has 1 aromatic heterocycles. The number of carbonyl (C=O) groups excluding carboxylic acids is 1. The second-order valence-corrected chi connectivity index (χ2v) is 6.56. The molecular weight excluding hydrogens is 416 g/mol. The van der Waals surface area contributed by atoms with E-state index in [2.05, 4.69) is 0 Å². The molecule has 0 fully saturated rings. The van der Waals surface area contributed by atoms with Gasteiger partial charge in [0, 0.05) is 35.2 Å². The first-order valence-electron chi connectivity index (χ1n) is 8.96. The van der Waals surface area contributed by atoms with E-state index in [-0.39, 0.29) is 30.7 Å². The Labute approximate surface area is 174 Å². The number of carboxylic acid groups (broad SMARTS) is 3. The number of hydrogen-bond donors (Lipinski definition) is 4. The van der Waals surface area contributed by atoms with E-state index in [1.165, 1.54) is 18.2 Å². The molecule has 12 heteroatoms. The number of benzene rings is 1. The Morgan fingerprint density at radius 1 is 1.06 bits per heavy atom. The van der Waals surface area contributed by atoms with Gasteiger partial charge in [0.25, 0.3) is 0 Å². The summed E-state index contributed by atoms with van der Waals surface area (Å²) in [4.78, 5) is 57.5. The molecule has 0 saturated heterocycles. The lowest BCUT2D eigenvalue weighted by molar-refractivity contribution is -0.145. The van der Waals surface area contributed by atoms with Crippen LogP contribution < -0.4 is 16.3 Å². The van der Waals surface area contributed by atoms with Crippen molar-refractivity contribution in [1.82, 2.24) is 0 Å². The lowest BCUT2D eigenvalue weighted by Crippen LogP contribution is -2.34. The van der Waals surface area contributed by atoms with Crippen molar-refractivity contribution in [3.63, 3.8) is 0 Å². The second-order valence-electron chi connectivity index (χ2n) is 6.56. The lowest BCUT2D eigenvalue weighted by Gasteiger charge is -2.21. The molecule has 0 aliphatic rings. The Balaban J connectivity index is 2.22. The molecule has 31 heavy (non-hydrogen) atoms. The zero-order chi connectivity index (χ0) is 23.1. The number of aliphatic carboxylic acids is 3. The first-order valence-corrected chi connectivity index (χ1v) is 8.96. The van der Waals surface area contributed by atoms with E-state index in [4.69, 9.17) is 30.2 Å². The number of ether oxygens (including phenoxy) is 1. The normalized spacial score (nSPS) is 11.6. The summed E-state index contributed by atoms with van der Waals surface area (Å²) in [6.45, 7) is -1.47. The summed E-state index contributed by atoms with van der Waals surface area (Å²) in [6, 6.07) is 4.17. The molecule has 0 amide bonds. The highest BCUT2D eigenvalue weighted by molar-refractivity contribution is 5.86. The van der Waals surface area contributed by atoms with E-state index in [1.807, 2.05) is 0 Å². The van der Waals surface area contributed by atoms with Crippen LogP contribution in [0.15, 0.2) is 33.5 Å². The van der Waals surface area contributed by atoms with Gasteiger partial charge in [-0.1, -0.05) is 0 Å². The third kappa shape index (κ3) is 6.82. The average Bonchev–Trinajstić information content (AvgIpc) is 2.68. The highest BCUT2D eigenvalue weighted by Crippen LogP contribution is 2.24. The summed E-state index contributed by atoms with van der Waals surface area (Å²) in [6.07, 6.45) is -0.339. The third-order valence-electron chi connectivity index (χ3n) is 4.20. The van der Waals surface area contributed by atoms with Crippen LogP contribution >= 0.6 is 0 Å². The molecule has 1 aromatic carbocycles. The van der Waals surface area contributed by atoms with Gasteiger partial charge in [-0.3, -0.25) is 19.2 Å². The maximum Gasteiger partial charge on any atom is 0.336 e. The van der Waals surface area contributed by atoms with E-state index in [0.717, 1.165) is 11.0 Å². The Morgan fingerprint density at radius 3 is 2.29 bits per heavy atom. The fourth-order valence-electron chi connectivity index (χ4n) is 2.73. The molecule has 1 heterocycles. The van der Waals surface area contributed by atoms with E-state index in [1.54, 1.807) is 0 Å². The fourth-order valence-corrected chi connectivity index (χ4v) is 2.73. The zero-order valence-electron chi connectivity index (χ0n) is 16.1. The number of carboxylic acids is 3. The number of rotatable bonds is 11. The van der Waals surface area contributed by atoms with E-state index >= 15 is 0 Å². The van der Waals surface area contributed by atoms with Gasteiger partial charge in [-0.25, -0.2) is 4.79 Å². The molecular formula is C19H20N2O10. The molecule has 2 aromatic rings. The van der Waals surface area contributed by atoms with Crippen LogP contribution in [0.4, 0.5) is 5.69 Å². The predicted octanol–water partition coefficient (Wildman–Crippen LogP) is 0.00390. The van der Waals surface area contributed by atoms with Gasteiger partial charge in [-0.2, -0.15) is 0 Å². The maximum atomic E-state index is 11.9. The minimum absolute atomic E-state index is 0.0460. The lowest BCUT2D eigenvalue weighted by atomic mass is 10.1. The third-order valence-corrected chi connectivity index (χ3v) is 4.20. The number of nitrogens with two attached hydrogens (primary N) is 1. The van der Waals surface area contributed by atoms with Crippen molar-refractivity contribution >= 4 is 40.5 Å². The largest absolute Gasteiger partial charge is 0.480 e. The summed E-state index contributed by atoms with van der Waals surface area (Å²) in [5, 5.41) is 27.1. The van der Waals surface area contributed by atoms with Gasteiger partial charge in [0.05, 0.1) is 0 Å². The first kappa shape index (κ1) is 23.3. The minimum atomic E-state index is -1.24. The molecule has 2 rings (SSSR count). The van der Waals surface area contributed by atoms with Gasteiger partial charge in [-0.05, 0) is 18.6 Å². The van der Waals surface area contributed by atoms with Crippen LogP contribution in [-0.4, -0.2) is 58.3 Å². The highest BCUT2D eigenvalue weighted by atomic mass is 16.5. The van der Waals surface area contributed by atoms with Crippen LogP contribution in [0.2, 0.25) is 0 Å². The summed E-state index contributed by atoms with van der Waals surface area (Å²) in [7, 11) is 0. The van der Waals surface area contributed by atoms with Crippen molar-refractivity contribution < 1.29 is 43.7 Å². The van der Waals surface area contributed by atoms with Crippen LogP contribution in [0.25, 0.3) is 11.0 Å². The molecule has 0 aliphatic heterocycles. The number of carbonyl (C=O) groups is 4. The quantitative estimate of drug-likeness (QED) is 0.272.